The van der Waals surface area contributed by atoms with E-state index >= 15 is 0 Å². The summed E-state index contributed by atoms with van der Waals surface area (Å²) in [5.74, 6) is -0.344. The average Bonchev–Trinajstić information content (AvgIpc) is 2.51. The lowest BCUT2D eigenvalue weighted by molar-refractivity contribution is -0.115. The topological polar surface area (TPSA) is 75.4 Å². The van der Waals surface area contributed by atoms with Crippen molar-refractivity contribution in [2.75, 3.05) is 17.2 Å². The van der Waals surface area contributed by atoms with E-state index < -0.39 is 6.03 Å². The standard InChI is InChI=1S/C18H21N3O2/c1-13-5-3-4-6-15(13)11-12-20-18(23)21(14(2)22)17-9-7-16(19)8-10-17/h3-10H,11-12,19H2,1-2H3,(H,20,23). The number of nitrogens with two attached hydrogens (primary N) is 1. The van der Waals surface area contributed by atoms with E-state index in [0.29, 0.717) is 24.3 Å². The van der Waals surface area contributed by atoms with Crippen LogP contribution in [0.25, 0.3) is 0 Å². The number of nitrogen functional groups attached to an aromatic ring is 1. The molecule has 0 unspecified atom stereocenters. The van der Waals surface area contributed by atoms with E-state index in [9.17, 15) is 9.59 Å². The van der Waals surface area contributed by atoms with Gasteiger partial charge in [-0.15, -0.1) is 0 Å². The molecule has 0 atom stereocenters. The Bertz CT molecular complexity index is 696. The van der Waals surface area contributed by atoms with E-state index in [1.54, 1.807) is 24.3 Å². The van der Waals surface area contributed by atoms with Gasteiger partial charge in [0.15, 0.2) is 0 Å². The summed E-state index contributed by atoms with van der Waals surface area (Å²) in [5.41, 5.74) is 9.07. The Morgan fingerprint density at radius 1 is 1.09 bits per heavy atom. The third kappa shape index (κ3) is 4.32. The summed E-state index contributed by atoms with van der Waals surface area (Å²) in [6, 6.07) is 14.2. The van der Waals surface area contributed by atoms with Gasteiger partial charge in [0.2, 0.25) is 5.91 Å². The van der Waals surface area contributed by atoms with Crippen molar-refractivity contribution in [3.63, 3.8) is 0 Å². The SMILES string of the molecule is CC(=O)N(C(=O)NCCc1ccccc1C)c1ccc(N)cc1. The van der Waals surface area contributed by atoms with Gasteiger partial charge in [-0.2, -0.15) is 0 Å². The summed E-state index contributed by atoms with van der Waals surface area (Å²) in [5, 5.41) is 2.79. The van der Waals surface area contributed by atoms with Crippen molar-refractivity contribution in [1.82, 2.24) is 5.32 Å². The highest BCUT2D eigenvalue weighted by Gasteiger charge is 2.19. The molecule has 23 heavy (non-hydrogen) atoms. The van der Waals surface area contributed by atoms with Gasteiger partial charge in [-0.05, 0) is 48.7 Å². The molecule has 0 saturated heterocycles. The molecule has 0 heterocycles. The second kappa shape index (κ2) is 7.45. The fraction of sp³-hybridized carbons (Fsp3) is 0.222. The summed E-state index contributed by atoms with van der Waals surface area (Å²) in [7, 11) is 0. The van der Waals surface area contributed by atoms with Gasteiger partial charge < -0.3 is 11.1 Å². The number of carbonyl (C=O) groups excluding carboxylic acids is 2. The monoisotopic (exact) mass is 311 g/mol. The number of nitrogens with zero attached hydrogens (tertiary/aromatic N) is 1. The Balaban J connectivity index is 2.00. The van der Waals surface area contributed by atoms with Crippen LogP contribution in [-0.4, -0.2) is 18.5 Å². The molecule has 0 fully saturated rings. The number of carbonyl (C=O) groups is 2. The van der Waals surface area contributed by atoms with Crippen LogP contribution < -0.4 is 16.0 Å². The molecule has 0 bridgehead atoms. The molecule has 0 spiro atoms. The van der Waals surface area contributed by atoms with E-state index in [1.807, 2.05) is 31.2 Å². The minimum atomic E-state index is -0.434. The molecule has 120 valence electrons. The van der Waals surface area contributed by atoms with Crippen LogP contribution in [0.4, 0.5) is 16.2 Å². The zero-order valence-electron chi connectivity index (χ0n) is 13.4. The van der Waals surface area contributed by atoms with Crippen molar-refractivity contribution in [3.8, 4) is 0 Å². The van der Waals surface area contributed by atoms with Crippen LogP contribution in [0.15, 0.2) is 48.5 Å². The summed E-state index contributed by atoms with van der Waals surface area (Å²) in [6.07, 6.45) is 0.714. The van der Waals surface area contributed by atoms with Gasteiger partial charge in [0.05, 0.1) is 5.69 Å². The lowest BCUT2D eigenvalue weighted by Crippen LogP contribution is -2.43. The highest BCUT2D eigenvalue weighted by atomic mass is 16.2. The fourth-order valence-corrected chi connectivity index (χ4v) is 2.34. The number of amides is 3. The maximum absolute atomic E-state index is 12.3. The van der Waals surface area contributed by atoms with Gasteiger partial charge in [0, 0.05) is 19.2 Å². The Morgan fingerprint density at radius 3 is 2.35 bits per heavy atom. The van der Waals surface area contributed by atoms with Crippen molar-refractivity contribution in [2.24, 2.45) is 0 Å². The van der Waals surface area contributed by atoms with Crippen molar-refractivity contribution >= 4 is 23.3 Å². The van der Waals surface area contributed by atoms with Crippen molar-refractivity contribution in [1.29, 1.82) is 0 Å². The number of anilines is 2. The van der Waals surface area contributed by atoms with Crippen LogP contribution >= 0.6 is 0 Å². The molecule has 0 aromatic heterocycles. The molecule has 0 aliphatic carbocycles. The molecule has 0 aliphatic rings. The van der Waals surface area contributed by atoms with Crippen molar-refractivity contribution in [3.05, 3.63) is 59.7 Å². The average molecular weight is 311 g/mol. The Labute approximate surface area is 136 Å². The molecule has 2 aromatic carbocycles. The smallest absolute Gasteiger partial charge is 0.328 e. The van der Waals surface area contributed by atoms with Crippen molar-refractivity contribution < 1.29 is 9.59 Å². The second-order valence-electron chi connectivity index (χ2n) is 5.35. The number of benzene rings is 2. The number of imide groups is 1. The molecule has 3 amide bonds. The Kier molecular flexibility index (Phi) is 5.36. The molecule has 0 aliphatic heterocycles. The first-order chi connectivity index (χ1) is 11.0. The van der Waals surface area contributed by atoms with Crippen LogP contribution in [0, 0.1) is 6.92 Å². The number of rotatable bonds is 4. The van der Waals surface area contributed by atoms with Crippen LogP contribution in [-0.2, 0) is 11.2 Å². The molecule has 0 radical (unpaired) electrons. The van der Waals surface area contributed by atoms with Gasteiger partial charge >= 0.3 is 6.03 Å². The van der Waals surface area contributed by atoms with Gasteiger partial charge in [0.25, 0.3) is 0 Å². The Hall–Kier alpha value is -2.82. The first kappa shape index (κ1) is 16.5. The largest absolute Gasteiger partial charge is 0.399 e. The Morgan fingerprint density at radius 2 is 1.74 bits per heavy atom. The first-order valence-corrected chi connectivity index (χ1v) is 7.47. The van der Waals surface area contributed by atoms with Crippen LogP contribution in [0.2, 0.25) is 0 Å². The van der Waals surface area contributed by atoms with Crippen LogP contribution in [0.3, 0.4) is 0 Å². The third-order valence-corrected chi connectivity index (χ3v) is 3.60. The van der Waals surface area contributed by atoms with E-state index in [4.69, 9.17) is 5.73 Å². The zero-order chi connectivity index (χ0) is 16.8. The lowest BCUT2D eigenvalue weighted by atomic mass is 10.1. The summed E-state index contributed by atoms with van der Waals surface area (Å²) in [4.78, 5) is 25.2. The molecule has 0 saturated carbocycles. The minimum Gasteiger partial charge on any atom is -0.399 e. The van der Waals surface area contributed by atoms with Gasteiger partial charge in [-0.1, -0.05) is 24.3 Å². The fourth-order valence-electron chi connectivity index (χ4n) is 2.34. The molecule has 5 nitrogen and oxygen atoms in total. The van der Waals surface area contributed by atoms with Gasteiger partial charge in [-0.3, -0.25) is 4.79 Å². The molecule has 2 aromatic rings. The zero-order valence-corrected chi connectivity index (χ0v) is 13.4. The second-order valence-corrected chi connectivity index (χ2v) is 5.35. The predicted molar refractivity (Wildman–Crippen MR) is 92.3 cm³/mol. The lowest BCUT2D eigenvalue weighted by Gasteiger charge is -2.20. The summed E-state index contributed by atoms with van der Waals surface area (Å²) < 4.78 is 0. The minimum absolute atomic E-state index is 0.344. The summed E-state index contributed by atoms with van der Waals surface area (Å²) >= 11 is 0. The normalized spacial score (nSPS) is 10.2. The number of nitrogens with one attached hydrogen (secondary N) is 1. The highest BCUT2D eigenvalue weighted by molar-refractivity contribution is 6.13. The molecule has 3 N–H and O–H groups in total. The number of urea groups is 1. The number of aryl methyl sites for hydroxylation is 1. The van der Waals surface area contributed by atoms with E-state index in [2.05, 4.69) is 5.32 Å². The molecule has 2 rings (SSSR count). The maximum Gasteiger partial charge on any atom is 0.328 e. The van der Waals surface area contributed by atoms with Gasteiger partial charge in [-0.25, -0.2) is 9.69 Å². The predicted octanol–water partition coefficient (Wildman–Crippen LogP) is 2.88. The van der Waals surface area contributed by atoms with E-state index in [0.717, 1.165) is 4.90 Å². The van der Waals surface area contributed by atoms with Crippen molar-refractivity contribution in [2.45, 2.75) is 20.3 Å². The van der Waals surface area contributed by atoms with Crippen LogP contribution in [0.5, 0.6) is 0 Å². The third-order valence-electron chi connectivity index (χ3n) is 3.60. The molecular formula is C18H21N3O2. The molecular weight excluding hydrogens is 290 g/mol. The number of hydrogen-bond acceptors (Lipinski definition) is 3. The summed E-state index contributed by atoms with van der Waals surface area (Å²) in [6.45, 7) is 3.85. The maximum atomic E-state index is 12.3. The molecule has 5 heteroatoms. The van der Waals surface area contributed by atoms with E-state index in [-0.39, 0.29) is 5.91 Å². The van der Waals surface area contributed by atoms with Gasteiger partial charge in [0.1, 0.15) is 0 Å². The first-order valence-electron chi connectivity index (χ1n) is 7.47. The van der Waals surface area contributed by atoms with Crippen LogP contribution in [0.1, 0.15) is 18.1 Å². The highest BCUT2D eigenvalue weighted by Crippen LogP contribution is 2.16. The number of hydrogen-bond donors (Lipinski definition) is 2. The quantitative estimate of drug-likeness (QED) is 0.853. The van der Waals surface area contributed by atoms with E-state index in [1.165, 1.54) is 18.1 Å².